The summed E-state index contributed by atoms with van der Waals surface area (Å²) in [5, 5.41) is 10.1. The van der Waals surface area contributed by atoms with E-state index in [9.17, 15) is 4.79 Å². The van der Waals surface area contributed by atoms with Crippen molar-refractivity contribution in [1.82, 2.24) is 24.7 Å². The van der Waals surface area contributed by atoms with Gasteiger partial charge in [-0.2, -0.15) is 0 Å². The first-order chi connectivity index (χ1) is 15.0. The third-order valence-electron chi connectivity index (χ3n) is 5.39. The lowest BCUT2D eigenvalue weighted by Crippen LogP contribution is -2.21. The molecule has 160 valence electrons. The molecule has 8 heteroatoms. The van der Waals surface area contributed by atoms with E-state index in [0.29, 0.717) is 16.7 Å². The van der Waals surface area contributed by atoms with Crippen LogP contribution in [0.3, 0.4) is 0 Å². The first-order valence-electron chi connectivity index (χ1n) is 10.4. The van der Waals surface area contributed by atoms with Gasteiger partial charge in [0.15, 0.2) is 11.0 Å². The Morgan fingerprint density at radius 3 is 2.48 bits per heavy atom. The van der Waals surface area contributed by atoms with E-state index in [2.05, 4.69) is 63.2 Å². The van der Waals surface area contributed by atoms with E-state index in [1.54, 1.807) is 6.07 Å². The Hall–Kier alpha value is -3.13. The maximum absolute atomic E-state index is 12.4. The van der Waals surface area contributed by atoms with Gasteiger partial charge in [-0.15, -0.1) is 10.2 Å². The molecule has 0 aliphatic heterocycles. The number of fused-ring (bicyclic) bond motifs is 1. The number of rotatable bonds is 7. The van der Waals surface area contributed by atoms with Gasteiger partial charge >= 0.3 is 0 Å². The van der Waals surface area contributed by atoms with Crippen molar-refractivity contribution in [3.05, 3.63) is 64.7 Å². The van der Waals surface area contributed by atoms with Gasteiger partial charge in [-0.3, -0.25) is 4.79 Å². The summed E-state index contributed by atoms with van der Waals surface area (Å²) in [5.74, 6) is 1.43. The fraction of sp³-hybridized carbons (Fsp3) is 0.304. The van der Waals surface area contributed by atoms with Gasteiger partial charge in [-0.05, 0) is 57.2 Å². The van der Waals surface area contributed by atoms with Crippen LogP contribution in [0.2, 0.25) is 0 Å². The zero-order valence-corrected chi connectivity index (χ0v) is 19.0. The third kappa shape index (κ3) is 4.20. The first-order valence-corrected chi connectivity index (χ1v) is 11.3. The van der Waals surface area contributed by atoms with Gasteiger partial charge < -0.3 is 14.5 Å². The van der Waals surface area contributed by atoms with Crippen LogP contribution in [-0.2, 0) is 7.05 Å². The second kappa shape index (κ2) is 8.93. The normalized spacial score (nSPS) is 12.3. The van der Waals surface area contributed by atoms with E-state index in [-0.39, 0.29) is 10.8 Å². The monoisotopic (exact) mass is 434 g/mol. The first kappa shape index (κ1) is 21.1. The topological polar surface area (TPSA) is 79.7 Å². The number of thioether (sulfide) groups is 1. The summed E-state index contributed by atoms with van der Waals surface area (Å²) in [7, 11) is 1.96. The van der Waals surface area contributed by atoms with Crippen LogP contribution < -0.4 is 10.5 Å². The maximum Gasteiger partial charge on any atom is 0.258 e. The molecule has 0 saturated carbocycles. The molecule has 0 bridgehead atoms. The minimum atomic E-state index is -0.125. The van der Waals surface area contributed by atoms with Crippen molar-refractivity contribution in [3.8, 4) is 11.4 Å². The van der Waals surface area contributed by atoms with Crippen molar-refractivity contribution in [3.63, 3.8) is 0 Å². The molecule has 0 saturated heterocycles. The van der Waals surface area contributed by atoms with Gasteiger partial charge in [-0.1, -0.05) is 23.9 Å². The molecule has 0 fully saturated rings. The van der Waals surface area contributed by atoms with Crippen LogP contribution in [0.4, 0.5) is 5.69 Å². The van der Waals surface area contributed by atoms with Crippen molar-refractivity contribution in [2.24, 2.45) is 7.05 Å². The highest BCUT2D eigenvalue weighted by molar-refractivity contribution is 7.99. The molecule has 1 N–H and O–H groups in total. The number of anilines is 1. The van der Waals surface area contributed by atoms with Crippen LogP contribution in [0.5, 0.6) is 0 Å². The lowest BCUT2D eigenvalue weighted by Gasteiger charge is -2.21. The van der Waals surface area contributed by atoms with Crippen LogP contribution in [0.1, 0.15) is 31.8 Å². The molecule has 0 unspecified atom stereocenters. The van der Waals surface area contributed by atoms with Crippen molar-refractivity contribution in [1.29, 1.82) is 0 Å². The molecular weight excluding hydrogens is 408 g/mol. The Morgan fingerprint density at radius 2 is 1.77 bits per heavy atom. The molecule has 2 aromatic carbocycles. The Balaban J connectivity index is 1.57. The fourth-order valence-electron chi connectivity index (χ4n) is 3.59. The summed E-state index contributed by atoms with van der Waals surface area (Å²) >= 11 is 1.52. The summed E-state index contributed by atoms with van der Waals surface area (Å²) in [4.78, 5) is 22.2. The van der Waals surface area contributed by atoms with Crippen LogP contribution in [0.15, 0.2) is 58.5 Å². The average Bonchev–Trinajstić information content (AvgIpc) is 3.15. The molecule has 31 heavy (non-hydrogen) atoms. The number of nitrogens with zero attached hydrogens (tertiary/aromatic N) is 5. The summed E-state index contributed by atoms with van der Waals surface area (Å²) in [5.41, 5.74) is 2.79. The van der Waals surface area contributed by atoms with Crippen LogP contribution in [0.25, 0.3) is 22.3 Å². The van der Waals surface area contributed by atoms with Gasteiger partial charge in [0.2, 0.25) is 0 Å². The second-order valence-corrected chi connectivity index (χ2v) is 8.62. The van der Waals surface area contributed by atoms with Crippen molar-refractivity contribution in [2.75, 3.05) is 18.0 Å². The van der Waals surface area contributed by atoms with E-state index >= 15 is 0 Å². The molecule has 7 nitrogen and oxygen atoms in total. The van der Waals surface area contributed by atoms with E-state index in [1.165, 1.54) is 17.4 Å². The number of nitrogens with one attached hydrogen (secondary N) is 1. The number of para-hydroxylation sites is 1. The molecule has 0 radical (unpaired) electrons. The quantitative estimate of drug-likeness (QED) is 0.434. The highest BCUT2D eigenvalue weighted by Crippen LogP contribution is 2.33. The van der Waals surface area contributed by atoms with E-state index in [4.69, 9.17) is 0 Å². The second-order valence-electron chi connectivity index (χ2n) is 7.31. The van der Waals surface area contributed by atoms with Crippen LogP contribution >= 0.6 is 11.8 Å². The molecule has 2 heterocycles. The SMILES string of the molecule is CCN(CC)c1ccc(-c2nnc(S[C@@H](C)c3nc4ccccc4c(=O)[nH]3)n2C)cc1. The number of aromatic nitrogens is 5. The van der Waals surface area contributed by atoms with E-state index < -0.39 is 0 Å². The summed E-state index contributed by atoms with van der Waals surface area (Å²) in [6, 6.07) is 15.8. The summed E-state index contributed by atoms with van der Waals surface area (Å²) in [6.45, 7) is 8.27. The molecule has 2 aromatic heterocycles. The lowest BCUT2D eigenvalue weighted by molar-refractivity contribution is 0.786. The third-order valence-corrected chi connectivity index (χ3v) is 6.53. The van der Waals surface area contributed by atoms with Gasteiger partial charge in [0.05, 0.1) is 16.2 Å². The van der Waals surface area contributed by atoms with Crippen molar-refractivity contribution < 1.29 is 0 Å². The molecule has 4 aromatic rings. The van der Waals surface area contributed by atoms with E-state index in [1.807, 2.05) is 36.7 Å². The number of benzene rings is 2. The Labute approximate surface area is 185 Å². The van der Waals surface area contributed by atoms with Gasteiger partial charge in [0.1, 0.15) is 5.82 Å². The van der Waals surface area contributed by atoms with Gasteiger partial charge in [0.25, 0.3) is 5.56 Å². The molecule has 0 aliphatic rings. The van der Waals surface area contributed by atoms with Gasteiger partial charge in [-0.25, -0.2) is 4.98 Å². The molecule has 0 amide bonds. The Bertz CT molecular complexity index is 1240. The highest BCUT2D eigenvalue weighted by atomic mass is 32.2. The number of hydrogen-bond acceptors (Lipinski definition) is 6. The largest absolute Gasteiger partial charge is 0.372 e. The zero-order chi connectivity index (χ0) is 22.0. The number of hydrogen-bond donors (Lipinski definition) is 1. The molecular formula is C23H26N6OS. The summed E-state index contributed by atoms with van der Waals surface area (Å²) in [6.07, 6.45) is 0. The Morgan fingerprint density at radius 1 is 1.06 bits per heavy atom. The molecule has 4 rings (SSSR count). The molecule has 1 atom stereocenters. The smallest absolute Gasteiger partial charge is 0.258 e. The minimum Gasteiger partial charge on any atom is -0.372 e. The predicted octanol–water partition coefficient (Wildman–Crippen LogP) is 4.42. The minimum absolute atomic E-state index is 0.0851. The standard InChI is InChI=1S/C23H26N6OS/c1-5-29(6-2)17-13-11-16(12-14-17)21-26-27-23(28(21)4)31-15(3)20-24-19-10-8-7-9-18(19)22(30)25-20/h7-15H,5-6H2,1-4H3,(H,24,25,30)/t15-/m0/s1. The predicted molar refractivity (Wildman–Crippen MR) is 127 cm³/mol. The Kier molecular flexibility index (Phi) is 6.08. The lowest BCUT2D eigenvalue weighted by atomic mass is 10.2. The van der Waals surface area contributed by atoms with Crippen LogP contribution in [-0.4, -0.2) is 37.8 Å². The number of aromatic amines is 1. The number of H-pyrrole nitrogens is 1. The van der Waals surface area contributed by atoms with Gasteiger partial charge in [0, 0.05) is 31.4 Å². The highest BCUT2D eigenvalue weighted by Gasteiger charge is 2.18. The zero-order valence-electron chi connectivity index (χ0n) is 18.2. The van der Waals surface area contributed by atoms with Crippen LogP contribution in [0, 0.1) is 0 Å². The van der Waals surface area contributed by atoms with E-state index in [0.717, 1.165) is 29.6 Å². The fourth-order valence-corrected chi connectivity index (χ4v) is 4.46. The maximum atomic E-state index is 12.4. The van der Waals surface area contributed by atoms with Crippen molar-refractivity contribution in [2.45, 2.75) is 31.2 Å². The molecule has 0 spiro atoms. The van der Waals surface area contributed by atoms with Crippen molar-refractivity contribution >= 4 is 28.4 Å². The average molecular weight is 435 g/mol. The summed E-state index contributed by atoms with van der Waals surface area (Å²) < 4.78 is 1.98. The molecule has 0 aliphatic carbocycles.